The van der Waals surface area contributed by atoms with Gasteiger partial charge in [-0.3, -0.25) is 4.79 Å². The molecule has 6 rings (SSSR count). The van der Waals surface area contributed by atoms with E-state index in [1.807, 2.05) is 48.2 Å². The lowest BCUT2D eigenvalue weighted by Gasteiger charge is -2.41. The van der Waals surface area contributed by atoms with Gasteiger partial charge in [0.15, 0.2) is 5.83 Å². The Morgan fingerprint density at radius 1 is 1.20 bits per heavy atom. The Labute approximate surface area is 261 Å². The first kappa shape index (κ1) is 29.9. The van der Waals surface area contributed by atoms with Gasteiger partial charge >= 0.3 is 6.01 Å². The van der Waals surface area contributed by atoms with Crippen LogP contribution in [-0.4, -0.2) is 77.6 Å². The van der Waals surface area contributed by atoms with E-state index < -0.39 is 17.8 Å². The molecular weight excluding hydrogens is 583 g/mol. The fourth-order valence-corrected chi connectivity index (χ4v) is 6.69. The maximum absolute atomic E-state index is 13.8. The third-order valence-corrected chi connectivity index (χ3v) is 9.05. The van der Waals surface area contributed by atoms with Crippen molar-refractivity contribution in [2.75, 3.05) is 44.7 Å². The number of piperazine rings is 1. The summed E-state index contributed by atoms with van der Waals surface area (Å²) in [5, 5.41) is 12.0. The van der Waals surface area contributed by atoms with Gasteiger partial charge in [0.05, 0.1) is 24.1 Å². The van der Waals surface area contributed by atoms with Crippen molar-refractivity contribution in [2.24, 2.45) is 0 Å². The van der Waals surface area contributed by atoms with Crippen LogP contribution in [0.1, 0.15) is 37.3 Å². The van der Waals surface area contributed by atoms with Crippen molar-refractivity contribution in [1.29, 1.82) is 5.26 Å². The summed E-state index contributed by atoms with van der Waals surface area (Å²) in [7, 11) is 2.08. The normalized spacial score (nSPS) is 20.3. The lowest BCUT2D eigenvalue weighted by atomic mass is 9.96. The minimum absolute atomic E-state index is 0.0432. The van der Waals surface area contributed by atoms with Crippen LogP contribution in [0.15, 0.2) is 54.4 Å². The molecule has 0 radical (unpaired) electrons. The van der Waals surface area contributed by atoms with Crippen LogP contribution in [-0.2, 0) is 11.2 Å². The lowest BCUT2D eigenvalue weighted by Crippen LogP contribution is -2.55. The van der Waals surface area contributed by atoms with Crippen LogP contribution < -0.4 is 14.4 Å². The summed E-state index contributed by atoms with van der Waals surface area (Å²) in [6.07, 6.45) is 2.70. The molecule has 2 saturated heterocycles. The Bertz CT molecular complexity index is 1700. The minimum Gasteiger partial charge on any atom is -0.462 e. The van der Waals surface area contributed by atoms with E-state index in [1.54, 1.807) is 0 Å². The number of allylic oxidation sites excluding steroid dienone is 1. The highest BCUT2D eigenvalue weighted by Gasteiger charge is 2.35. The Morgan fingerprint density at radius 2 is 2.00 bits per heavy atom. The van der Waals surface area contributed by atoms with Gasteiger partial charge in [-0.2, -0.15) is 15.2 Å². The van der Waals surface area contributed by atoms with Gasteiger partial charge in [-0.1, -0.05) is 48.5 Å². The fourth-order valence-electron chi connectivity index (χ4n) is 6.41. The molecule has 9 nitrogen and oxygen atoms in total. The number of nitrogens with zero attached hydrogens (tertiary/aromatic N) is 6. The molecule has 0 aliphatic carbocycles. The van der Waals surface area contributed by atoms with E-state index >= 15 is 0 Å². The van der Waals surface area contributed by atoms with Gasteiger partial charge < -0.3 is 24.2 Å². The predicted molar refractivity (Wildman–Crippen MR) is 167 cm³/mol. The molecular formula is C33H34ClFN6O3. The van der Waals surface area contributed by atoms with E-state index in [0.29, 0.717) is 42.1 Å². The number of rotatable bonds is 7. The SMILES string of the molecule is C=C(F)C(=O)N1CCN(c2nc(OC[C@@H]3CCCN3C)nc3c2CC(C)=C(c2cccc4cccc(Cl)c24)O3)C[C@@H]1CC#N. The third-order valence-electron chi connectivity index (χ3n) is 8.73. The first-order valence-corrected chi connectivity index (χ1v) is 15.2. The number of hydrogen-bond acceptors (Lipinski definition) is 8. The Kier molecular flexibility index (Phi) is 8.43. The van der Waals surface area contributed by atoms with Gasteiger partial charge in [-0.15, -0.1) is 0 Å². The van der Waals surface area contributed by atoms with Crippen molar-refractivity contribution >= 4 is 39.9 Å². The van der Waals surface area contributed by atoms with Crippen LogP contribution in [0.25, 0.3) is 16.5 Å². The van der Waals surface area contributed by atoms with Crippen molar-refractivity contribution in [3.05, 3.63) is 70.5 Å². The first-order chi connectivity index (χ1) is 21.2. The van der Waals surface area contributed by atoms with Crippen LogP contribution >= 0.6 is 11.6 Å². The molecule has 3 aliphatic rings. The third kappa shape index (κ3) is 5.70. The first-order valence-electron chi connectivity index (χ1n) is 14.8. The number of hydrogen-bond donors (Lipinski definition) is 0. The van der Waals surface area contributed by atoms with Crippen molar-refractivity contribution in [2.45, 2.75) is 44.7 Å². The number of nitriles is 1. The fraction of sp³-hybridized carbons (Fsp3) is 0.394. The van der Waals surface area contributed by atoms with E-state index in [4.69, 9.17) is 31.0 Å². The second-order valence-electron chi connectivity index (χ2n) is 11.6. The highest BCUT2D eigenvalue weighted by Crippen LogP contribution is 2.42. The van der Waals surface area contributed by atoms with Gasteiger partial charge in [0.25, 0.3) is 5.91 Å². The maximum atomic E-state index is 13.8. The molecule has 1 aromatic heterocycles. The largest absolute Gasteiger partial charge is 0.462 e. The number of anilines is 1. The van der Waals surface area contributed by atoms with E-state index in [9.17, 15) is 14.4 Å². The molecule has 4 heterocycles. The van der Waals surface area contributed by atoms with Crippen LogP contribution in [0.5, 0.6) is 11.9 Å². The van der Waals surface area contributed by atoms with E-state index in [-0.39, 0.29) is 31.6 Å². The van der Waals surface area contributed by atoms with Crippen LogP contribution in [0.4, 0.5) is 10.2 Å². The quantitative estimate of drug-likeness (QED) is 0.320. The van der Waals surface area contributed by atoms with Crippen LogP contribution in [0.3, 0.4) is 0 Å². The highest BCUT2D eigenvalue weighted by atomic mass is 35.5. The number of fused-ring (bicyclic) bond motifs is 2. The molecule has 44 heavy (non-hydrogen) atoms. The number of carbonyl (C=O) groups excluding carboxylic acids is 1. The predicted octanol–water partition coefficient (Wildman–Crippen LogP) is 5.54. The van der Waals surface area contributed by atoms with E-state index in [2.05, 4.69) is 24.6 Å². The topological polar surface area (TPSA) is 94.8 Å². The smallest absolute Gasteiger partial charge is 0.321 e. The van der Waals surface area contributed by atoms with E-state index in [1.165, 1.54) is 4.90 Å². The monoisotopic (exact) mass is 616 g/mol. The summed E-state index contributed by atoms with van der Waals surface area (Å²) in [5.74, 6) is -0.139. The zero-order valence-corrected chi connectivity index (χ0v) is 25.6. The number of amides is 1. The van der Waals surface area contributed by atoms with Gasteiger partial charge in [-0.05, 0) is 50.4 Å². The number of aromatic nitrogens is 2. The van der Waals surface area contributed by atoms with Crippen molar-refractivity contribution < 1.29 is 18.7 Å². The summed E-state index contributed by atoms with van der Waals surface area (Å²) >= 11 is 6.68. The summed E-state index contributed by atoms with van der Waals surface area (Å²) in [6.45, 7) is 7.52. The second-order valence-corrected chi connectivity index (χ2v) is 12.0. The number of ether oxygens (including phenoxy) is 2. The van der Waals surface area contributed by atoms with Crippen molar-refractivity contribution in [1.82, 2.24) is 19.8 Å². The van der Waals surface area contributed by atoms with Gasteiger partial charge in [0.1, 0.15) is 18.2 Å². The summed E-state index contributed by atoms with van der Waals surface area (Å²) < 4.78 is 26.6. The molecule has 3 aliphatic heterocycles. The van der Waals surface area contributed by atoms with Crippen LogP contribution in [0, 0.1) is 11.3 Å². The van der Waals surface area contributed by atoms with Gasteiger partial charge in [0, 0.05) is 48.1 Å². The standard InChI is InChI=1S/C33H34ClFN6O3/c1-20-17-26-30(40-15-16-41(32(42)21(2)35)23(18-40)12-13-36)37-33(43-19-24-9-6-14-39(24)3)38-31(26)44-29(20)25-10-4-7-22-8-5-11-27(34)28(22)25/h4-5,7-8,10-11,23-24H,2,6,9,12,14-19H2,1,3H3/t23-,24-/m0/s1. The van der Waals surface area contributed by atoms with Crippen molar-refractivity contribution in [3.8, 4) is 18.0 Å². The van der Waals surface area contributed by atoms with E-state index in [0.717, 1.165) is 46.9 Å². The molecule has 0 spiro atoms. The molecule has 0 saturated carbocycles. The average Bonchev–Trinajstić information content (AvgIpc) is 3.43. The van der Waals surface area contributed by atoms with Crippen LogP contribution in [0.2, 0.25) is 5.02 Å². The average molecular weight is 617 g/mol. The molecule has 228 valence electrons. The zero-order valence-electron chi connectivity index (χ0n) is 24.9. The van der Waals surface area contributed by atoms with Gasteiger partial charge in [0.2, 0.25) is 5.88 Å². The number of likely N-dealkylation sites (N-methyl/N-ethyl adjacent to an activating group) is 1. The molecule has 0 unspecified atom stereocenters. The summed E-state index contributed by atoms with van der Waals surface area (Å²) in [4.78, 5) is 27.8. The molecule has 1 amide bonds. The number of carbonyl (C=O) groups is 1. The maximum Gasteiger partial charge on any atom is 0.321 e. The molecule has 2 aromatic carbocycles. The Balaban J connectivity index is 1.38. The number of benzene rings is 2. The molecule has 2 fully saturated rings. The summed E-state index contributed by atoms with van der Waals surface area (Å²) in [6, 6.07) is 13.9. The number of halogens is 2. The van der Waals surface area contributed by atoms with Gasteiger partial charge in [-0.25, -0.2) is 4.39 Å². The Morgan fingerprint density at radius 3 is 2.73 bits per heavy atom. The summed E-state index contributed by atoms with van der Waals surface area (Å²) in [5.41, 5.74) is 2.64. The number of likely N-dealkylation sites (tertiary alicyclic amines) is 1. The molecule has 2 atom stereocenters. The molecule has 0 bridgehead atoms. The molecule has 0 N–H and O–H groups in total. The zero-order chi connectivity index (χ0) is 31.0. The Hall–Kier alpha value is -4.20. The minimum atomic E-state index is -1.04. The lowest BCUT2D eigenvalue weighted by molar-refractivity contribution is -0.131. The highest BCUT2D eigenvalue weighted by molar-refractivity contribution is 6.36. The second kappa shape index (κ2) is 12.4. The molecule has 3 aromatic rings. The van der Waals surface area contributed by atoms with Crippen molar-refractivity contribution in [3.63, 3.8) is 0 Å². The molecule has 11 heteroatoms.